The fourth-order valence-electron chi connectivity index (χ4n) is 16.4. The van der Waals surface area contributed by atoms with Crippen molar-refractivity contribution in [1.82, 2.24) is 86.8 Å². The average Bonchev–Trinajstić information content (AvgIpc) is 0.789. The lowest BCUT2D eigenvalue weighted by atomic mass is 9.79. The van der Waals surface area contributed by atoms with Crippen molar-refractivity contribution in [3.63, 3.8) is 0 Å². The van der Waals surface area contributed by atoms with Crippen molar-refractivity contribution in [2.75, 3.05) is 17.7 Å². The lowest BCUT2D eigenvalue weighted by molar-refractivity contribution is -0.192. The number of aryl methyl sites for hydroxylation is 3. The largest absolute Gasteiger partial charge is 0.458 e. The molecule has 7 aliphatic rings. The molecule has 10 heterocycles. The molecule has 36 nitrogen and oxygen atoms in total. The minimum atomic E-state index is -0.255. The van der Waals surface area contributed by atoms with E-state index < -0.39 is 0 Å². The summed E-state index contributed by atoms with van der Waals surface area (Å²) in [5.74, 6) is 1.39. The molecule has 0 saturated heterocycles. The predicted octanol–water partition coefficient (Wildman–Crippen LogP) is 17.6. The van der Waals surface area contributed by atoms with E-state index in [1.54, 1.807) is 44.6 Å². The van der Waals surface area contributed by atoms with Crippen molar-refractivity contribution in [2.24, 2.45) is 27.8 Å². The van der Waals surface area contributed by atoms with Gasteiger partial charge in [-0.1, -0.05) is 109 Å². The zero-order valence-corrected chi connectivity index (χ0v) is 85.1. The number of hydrogen-bond donors (Lipinski definition) is 5. The van der Waals surface area contributed by atoms with Gasteiger partial charge in [-0.05, 0) is 279 Å². The smallest absolute Gasteiger partial charge is 0.373 e. The highest BCUT2D eigenvalue weighted by Gasteiger charge is 2.38. The monoisotopic (exact) mass is 1960 g/mol. The fraction of sp³-hybridized carbons (Fsp3) is 0.509. The van der Waals surface area contributed by atoms with E-state index in [4.69, 9.17) is 28.5 Å². The summed E-state index contributed by atoms with van der Waals surface area (Å²) in [5.41, 5.74) is 26.6. The van der Waals surface area contributed by atoms with E-state index in [-0.39, 0.29) is 98.1 Å². The van der Waals surface area contributed by atoms with E-state index in [1.165, 1.54) is 108 Å². The summed E-state index contributed by atoms with van der Waals surface area (Å²) in [7, 11) is 1.50. The lowest BCUT2D eigenvalue weighted by Crippen LogP contribution is -2.37. The van der Waals surface area contributed by atoms with Crippen LogP contribution in [0.5, 0.6) is 0 Å². The van der Waals surface area contributed by atoms with Crippen molar-refractivity contribution in [2.45, 2.75) is 332 Å². The molecule has 6 N–H and O–H groups in total. The number of ether oxygens (including phenoxy) is 4. The van der Waals surface area contributed by atoms with Crippen LogP contribution >= 0.6 is 0 Å². The van der Waals surface area contributed by atoms with Crippen molar-refractivity contribution >= 4 is 84.6 Å². The summed E-state index contributed by atoms with van der Waals surface area (Å²) in [6.07, 6.45) is 50.1. The van der Waals surface area contributed by atoms with Crippen LogP contribution in [0, 0.1) is 32.6 Å². The van der Waals surface area contributed by atoms with Crippen LogP contribution in [0.25, 0.3) is 34.4 Å². The van der Waals surface area contributed by atoms with E-state index in [1.807, 2.05) is 127 Å². The number of hydrogen-bond acceptors (Lipinski definition) is 34. The maximum atomic E-state index is 12.1. The molecule has 0 spiro atoms. The lowest BCUT2D eigenvalue weighted by Gasteiger charge is -2.34. The summed E-state index contributed by atoms with van der Waals surface area (Å²) in [6.45, 7) is 19.9. The van der Waals surface area contributed by atoms with Crippen LogP contribution in [0.3, 0.4) is 0 Å². The Balaban J connectivity index is 0.000000259. The number of anilines is 2. The van der Waals surface area contributed by atoms with Gasteiger partial charge in [0.2, 0.25) is 23.5 Å². The third kappa shape index (κ3) is 42.9. The molecule has 15 rings (SSSR count). The number of esters is 4. The molecule has 0 aromatic carbocycles. The molecule has 2 fully saturated rings. The molecular formula is C106H142BN22O14. The Labute approximate surface area is 842 Å². The molecule has 8 aromatic heterocycles. The number of allylic oxidation sites excluding steroid dienone is 4. The molecule has 3 radical (unpaired) electrons. The summed E-state index contributed by atoms with van der Waals surface area (Å²) < 4.78 is 22.1. The highest BCUT2D eigenvalue weighted by atomic mass is 16.6. The van der Waals surface area contributed by atoms with Gasteiger partial charge < -0.3 is 44.9 Å². The average molecular weight is 1960 g/mol. The summed E-state index contributed by atoms with van der Waals surface area (Å²) >= 11 is 0. The van der Waals surface area contributed by atoms with Crippen LogP contribution in [0.4, 0.5) is 11.4 Å². The van der Waals surface area contributed by atoms with Gasteiger partial charge in [0, 0.05) is 102 Å². The number of amides is 2. The number of nitrogens with one attached hydrogen (secondary N) is 4. The maximum Gasteiger partial charge on any atom is 0.373 e. The molecule has 8 aromatic rings. The molecule has 143 heavy (non-hydrogen) atoms. The number of rotatable bonds is 23. The highest BCUT2D eigenvalue weighted by molar-refractivity contribution is 6.04. The molecule has 763 valence electrons. The molecule has 2 amide bonds. The molecule has 5 aliphatic carbocycles. The van der Waals surface area contributed by atoms with Gasteiger partial charge in [0.1, 0.15) is 53.1 Å². The van der Waals surface area contributed by atoms with Gasteiger partial charge in [0.25, 0.3) is 0 Å². The quantitative estimate of drug-likeness (QED) is 0.0172. The molecular weight excluding hydrogens is 1820 g/mol. The second kappa shape index (κ2) is 67.6. The van der Waals surface area contributed by atoms with E-state index in [2.05, 4.69) is 132 Å². The van der Waals surface area contributed by atoms with Crippen molar-refractivity contribution < 1.29 is 66.9 Å². The topological polar surface area (TPSA) is 500 Å². The van der Waals surface area contributed by atoms with E-state index in [0.717, 1.165) is 160 Å². The number of aromatic nitrogens is 15. The zero-order chi connectivity index (χ0) is 103. The number of nitrogens with zero attached hydrogens (tertiary/aromatic N) is 17. The third-order valence-electron chi connectivity index (χ3n) is 23.6. The number of carbonyl (C=O) groups is 8. The standard InChI is InChI=1S/C25H34N4O4.C19H25N3O2.C16H19N3.C14H16N6O2.2C11H18O2.C8H7N5.CH5N.CO2.B/c1-4-23(32)33-21-11-7-5-6-10-19-24(21)17(3)28-29-25(19)20-14-13-18(15-26-20)27-22(31)12-8-9-16(2)30;1-3-17(23)24-16-11-6-4-5-9-14-18(16)13(2)21-22-19(14)15-10-7-8-12-20-15;1-12-13-8-4-2-3-5-9-14(13)16(19-18-12)15-10-6-7-11-17-15;1-9(21)4-3-5-13(22)16-11-6-7-12(15-8-11)14-19-17-10(2)18-20-14;2*1-2-11(12)13-10-8-6-4-3-5-7-9-10;1-6-10-12-8(13-11-6)7-4-2-3-5-9-7;1-2;2-1-3;/h13-15,19,21,28H,4-12H2,1-3H3,(H,27,31);7-8,10,12,14,16,21H,3-6,9,11H2,1-2H3;6-7,10-11H,2-5,8-9H2,1H3;6-8H,3-5H2,1-2H3,(H,16,22);2*6,8,10H,2-5,7,9H2,1H3;2-5H,1H3;2H2,1H3;;/b;;;;2*8-6+;;;;. The Morgan fingerprint density at radius 1 is 0.399 bits per heavy atom. The Morgan fingerprint density at radius 3 is 1.16 bits per heavy atom. The summed E-state index contributed by atoms with van der Waals surface area (Å²) in [5, 5.41) is 54.2. The molecule has 2 aliphatic heterocycles. The maximum absolute atomic E-state index is 12.1. The minimum Gasteiger partial charge on any atom is -0.458 e. The second-order valence-corrected chi connectivity index (χ2v) is 34.7. The van der Waals surface area contributed by atoms with Gasteiger partial charge in [-0.3, -0.25) is 64.5 Å². The van der Waals surface area contributed by atoms with E-state index in [9.17, 15) is 38.4 Å². The normalized spacial score (nSPS) is 18.1. The predicted molar refractivity (Wildman–Crippen MR) is 546 cm³/mol. The Kier molecular flexibility index (Phi) is 55.7. The van der Waals surface area contributed by atoms with Crippen LogP contribution in [-0.2, 0) is 79.7 Å². The van der Waals surface area contributed by atoms with Crippen LogP contribution in [0.1, 0.15) is 314 Å². The van der Waals surface area contributed by atoms with Crippen molar-refractivity contribution in [3.8, 4) is 34.4 Å². The van der Waals surface area contributed by atoms with Gasteiger partial charge in [0.15, 0.2) is 11.6 Å². The van der Waals surface area contributed by atoms with E-state index >= 15 is 0 Å². The van der Waals surface area contributed by atoms with Crippen LogP contribution in [0.2, 0.25) is 0 Å². The first-order valence-electron chi connectivity index (χ1n) is 49.9. The second-order valence-electron chi connectivity index (χ2n) is 34.7. The Bertz CT molecular complexity index is 5420. The summed E-state index contributed by atoms with van der Waals surface area (Å²) in [4.78, 5) is 130. The van der Waals surface area contributed by atoms with Crippen LogP contribution in [-0.4, -0.2) is 181 Å². The molecule has 6 unspecified atom stereocenters. The first-order chi connectivity index (χ1) is 68.9. The van der Waals surface area contributed by atoms with E-state index in [0.29, 0.717) is 110 Å². The number of hydrazone groups is 2. The number of carbonyl (C=O) groups excluding carboxylic acids is 10. The Hall–Kier alpha value is -13.8. The number of fused-ring (bicyclic) bond motifs is 3. The molecule has 37 heteroatoms. The SMILES string of the molecule is CC(=O)CCCC(=O)Nc1ccc(-c2nnc(C)nn2)nc1.CCC(=O)OC1/C=C/CCCCC1.CCC(=O)OC1/C=C/CCCCC1.CCC(=O)OC1CCCCCC2C(c3ccc(NC(=O)CCCC(C)=O)cn3)=NNC(C)=C12.CCC(=O)OC1CCCCCC2C(c3ccccn3)=NNC(C)=C12.CN.Cc1nnc(-c2ccccn2)c2c1CCCCCC2.Cc1nnc(-c2ccccn2)nn1.O=C=O.[B]. The third-order valence-corrected chi connectivity index (χ3v) is 23.6. The first-order valence-corrected chi connectivity index (χ1v) is 49.9. The molecule has 0 bridgehead atoms. The zero-order valence-electron chi connectivity index (χ0n) is 85.1. The minimum absolute atomic E-state index is 0. The van der Waals surface area contributed by atoms with Crippen molar-refractivity contribution in [1.29, 1.82) is 0 Å². The summed E-state index contributed by atoms with van der Waals surface area (Å²) in [6, 6.07) is 24.4. The van der Waals surface area contributed by atoms with Crippen LogP contribution < -0.4 is 27.2 Å². The Morgan fingerprint density at radius 2 is 0.762 bits per heavy atom. The molecule has 6 atom stereocenters. The first kappa shape index (κ1) is 118. The van der Waals surface area contributed by atoms with Crippen molar-refractivity contribution in [3.05, 3.63) is 197 Å². The fourth-order valence-corrected chi connectivity index (χ4v) is 16.4. The molecule has 2 saturated carbocycles. The number of Topliss-reactive ketones (excluding diaryl/α,β-unsaturated/α-hetero) is 2. The van der Waals surface area contributed by atoms with Gasteiger partial charge >= 0.3 is 30.0 Å². The number of pyridine rings is 5. The van der Waals surface area contributed by atoms with Crippen LogP contribution in [0.15, 0.2) is 167 Å². The van der Waals surface area contributed by atoms with Gasteiger partial charge in [0.05, 0.1) is 58.0 Å². The number of nitrogens with two attached hydrogens (primary N) is 1. The van der Waals surface area contributed by atoms with Gasteiger partial charge in [-0.2, -0.15) is 24.9 Å². The van der Waals surface area contributed by atoms with Gasteiger partial charge in [-0.15, -0.1) is 45.9 Å². The number of ketones is 2. The van der Waals surface area contributed by atoms with Gasteiger partial charge in [-0.25, -0.2) is 0 Å². The highest BCUT2D eigenvalue weighted by Crippen LogP contribution is 2.39.